The number of sulfonamides is 1. The van der Waals surface area contributed by atoms with Gasteiger partial charge in [0, 0.05) is 6.04 Å². The number of nitrogens with one attached hydrogen (secondary N) is 2. The number of rotatable bonds is 8. The van der Waals surface area contributed by atoms with Crippen LogP contribution >= 0.6 is 0 Å². The van der Waals surface area contributed by atoms with Crippen LogP contribution in [-0.4, -0.2) is 20.5 Å². The van der Waals surface area contributed by atoms with E-state index < -0.39 is 16.1 Å². The van der Waals surface area contributed by atoms with Crippen molar-refractivity contribution in [2.75, 3.05) is 0 Å². The van der Waals surface area contributed by atoms with Crippen molar-refractivity contribution in [2.24, 2.45) is 0 Å². The van der Waals surface area contributed by atoms with Gasteiger partial charge in [-0.05, 0) is 31.4 Å². The molecule has 0 radical (unpaired) electrons. The Bertz CT molecular complexity index is 582. The van der Waals surface area contributed by atoms with Gasteiger partial charge in [0.1, 0.15) is 5.76 Å². The number of terminal acetylenes is 1. The molecule has 5 nitrogen and oxygen atoms in total. The van der Waals surface area contributed by atoms with Crippen LogP contribution < -0.4 is 10.0 Å². The molecule has 0 aromatic carbocycles. The van der Waals surface area contributed by atoms with E-state index in [-0.39, 0.29) is 5.09 Å². The van der Waals surface area contributed by atoms with Crippen LogP contribution in [0, 0.1) is 12.3 Å². The number of hydrogen-bond donors (Lipinski definition) is 2. The second kappa shape index (κ2) is 6.44. The molecule has 1 fully saturated rings. The van der Waals surface area contributed by atoms with Crippen molar-refractivity contribution in [1.82, 2.24) is 10.0 Å². The Morgan fingerprint density at radius 1 is 1.50 bits per heavy atom. The first-order chi connectivity index (χ1) is 9.55. The number of furan rings is 1. The molecule has 2 rings (SSSR count). The van der Waals surface area contributed by atoms with Crippen LogP contribution in [0.3, 0.4) is 0 Å². The van der Waals surface area contributed by atoms with Crippen LogP contribution in [0.25, 0.3) is 0 Å². The summed E-state index contributed by atoms with van der Waals surface area (Å²) in [5.41, 5.74) is 0. The first kappa shape index (κ1) is 15.1. The van der Waals surface area contributed by atoms with Gasteiger partial charge in [-0.1, -0.05) is 19.3 Å². The molecule has 20 heavy (non-hydrogen) atoms. The summed E-state index contributed by atoms with van der Waals surface area (Å²) in [6.07, 6.45) is 9.08. The predicted molar refractivity (Wildman–Crippen MR) is 76.4 cm³/mol. The van der Waals surface area contributed by atoms with Crippen molar-refractivity contribution >= 4 is 10.0 Å². The van der Waals surface area contributed by atoms with Crippen molar-refractivity contribution in [3.05, 3.63) is 17.9 Å². The van der Waals surface area contributed by atoms with Crippen molar-refractivity contribution in [2.45, 2.75) is 56.3 Å². The highest BCUT2D eigenvalue weighted by atomic mass is 32.2. The first-order valence-electron chi connectivity index (χ1n) is 6.85. The molecule has 1 aromatic rings. The fourth-order valence-corrected chi connectivity index (χ4v) is 2.98. The minimum Gasteiger partial charge on any atom is -0.447 e. The molecule has 0 spiro atoms. The van der Waals surface area contributed by atoms with Gasteiger partial charge >= 0.3 is 0 Å². The van der Waals surface area contributed by atoms with Gasteiger partial charge in [-0.15, -0.1) is 6.42 Å². The Hall–Kier alpha value is -1.29. The summed E-state index contributed by atoms with van der Waals surface area (Å²) in [7, 11) is -3.68. The zero-order chi connectivity index (χ0) is 14.6. The van der Waals surface area contributed by atoms with Crippen LogP contribution in [0.2, 0.25) is 0 Å². The summed E-state index contributed by atoms with van der Waals surface area (Å²) in [6.45, 7) is 2.50. The van der Waals surface area contributed by atoms with Crippen LogP contribution in [-0.2, 0) is 16.6 Å². The summed E-state index contributed by atoms with van der Waals surface area (Å²) in [5, 5.41) is 3.19. The van der Waals surface area contributed by atoms with Crippen molar-refractivity contribution < 1.29 is 12.8 Å². The second-order valence-electron chi connectivity index (χ2n) is 5.01. The quantitative estimate of drug-likeness (QED) is 0.715. The lowest BCUT2D eigenvalue weighted by atomic mass is 10.2. The van der Waals surface area contributed by atoms with E-state index in [0.717, 1.165) is 6.42 Å². The average molecular weight is 296 g/mol. The van der Waals surface area contributed by atoms with Gasteiger partial charge in [-0.2, -0.15) is 4.72 Å². The topological polar surface area (TPSA) is 71.3 Å². The summed E-state index contributed by atoms with van der Waals surface area (Å²) >= 11 is 0. The average Bonchev–Trinajstić information content (AvgIpc) is 3.11. The zero-order valence-corrected chi connectivity index (χ0v) is 12.4. The maximum Gasteiger partial charge on any atom is 0.275 e. The fourth-order valence-electron chi connectivity index (χ4n) is 1.84. The Kier molecular flexibility index (Phi) is 4.86. The maximum absolute atomic E-state index is 12.1. The maximum atomic E-state index is 12.1. The molecule has 1 unspecified atom stereocenters. The van der Waals surface area contributed by atoms with E-state index >= 15 is 0 Å². The molecule has 110 valence electrons. The molecule has 0 saturated heterocycles. The Labute approximate surface area is 120 Å². The monoisotopic (exact) mass is 296 g/mol. The van der Waals surface area contributed by atoms with Crippen LogP contribution in [0.4, 0.5) is 0 Å². The van der Waals surface area contributed by atoms with Gasteiger partial charge in [-0.3, -0.25) is 0 Å². The molecule has 1 aromatic heterocycles. The van der Waals surface area contributed by atoms with E-state index in [2.05, 4.69) is 16.0 Å². The summed E-state index contributed by atoms with van der Waals surface area (Å²) in [6, 6.07) is 3.19. The first-order valence-corrected chi connectivity index (χ1v) is 8.34. The third-order valence-electron chi connectivity index (χ3n) is 3.12. The molecule has 1 saturated carbocycles. The van der Waals surface area contributed by atoms with Gasteiger partial charge in [0.25, 0.3) is 10.0 Å². The van der Waals surface area contributed by atoms with Crippen LogP contribution in [0.1, 0.15) is 38.4 Å². The van der Waals surface area contributed by atoms with E-state index in [0.29, 0.717) is 24.8 Å². The molecule has 1 heterocycles. The Morgan fingerprint density at radius 2 is 2.25 bits per heavy atom. The van der Waals surface area contributed by atoms with Gasteiger partial charge in [0.15, 0.2) is 0 Å². The van der Waals surface area contributed by atoms with Gasteiger partial charge < -0.3 is 9.73 Å². The lowest BCUT2D eigenvalue weighted by Gasteiger charge is -2.10. The lowest BCUT2D eigenvalue weighted by Crippen LogP contribution is -2.33. The fraction of sp³-hybridized carbons (Fsp3) is 0.571. The second-order valence-corrected chi connectivity index (χ2v) is 6.65. The standard InChI is InChI=1S/C14H20N2O3S/c1-3-5-11(4-2)16-20(17,18)14-9-8-13(19-14)10-15-12-6-7-12/h2,8-9,11-12,15-16H,3,5-7,10H2,1H3. The van der Waals surface area contributed by atoms with E-state index in [4.69, 9.17) is 10.8 Å². The molecule has 6 heteroatoms. The largest absolute Gasteiger partial charge is 0.447 e. The minimum atomic E-state index is -3.68. The molecule has 1 aliphatic carbocycles. The Balaban J connectivity index is 1.99. The summed E-state index contributed by atoms with van der Waals surface area (Å²) in [4.78, 5) is 0. The van der Waals surface area contributed by atoms with Crippen LogP contribution in [0.5, 0.6) is 0 Å². The molecular formula is C14H20N2O3S. The third kappa shape index (κ3) is 4.10. The Morgan fingerprint density at radius 3 is 2.85 bits per heavy atom. The summed E-state index contributed by atoms with van der Waals surface area (Å²) < 4.78 is 32.1. The third-order valence-corrected chi connectivity index (χ3v) is 4.46. The molecule has 0 aliphatic heterocycles. The number of hydrogen-bond acceptors (Lipinski definition) is 4. The van der Waals surface area contributed by atoms with Gasteiger partial charge in [0.2, 0.25) is 5.09 Å². The zero-order valence-electron chi connectivity index (χ0n) is 11.6. The van der Waals surface area contributed by atoms with Crippen LogP contribution in [0.15, 0.2) is 21.6 Å². The van der Waals surface area contributed by atoms with Gasteiger partial charge in [-0.25, -0.2) is 8.42 Å². The molecule has 1 atom stereocenters. The van der Waals surface area contributed by atoms with E-state index in [1.165, 1.54) is 18.9 Å². The molecule has 1 aliphatic rings. The van der Waals surface area contributed by atoms with E-state index in [1.807, 2.05) is 6.92 Å². The summed E-state index contributed by atoms with van der Waals surface area (Å²) in [5.74, 6) is 3.06. The van der Waals surface area contributed by atoms with Crippen molar-refractivity contribution in [3.63, 3.8) is 0 Å². The minimum absolute atomic E-state index is 0.0820. The van der Waals surface area contributed by atoms with E-state index in [1.54, 1.807) is 6.07 Å². The predicted octanol–water partition coefficient (Wildman–Crippen LogP) is 1.61. The SMILES string of the molecule is C#CC(CCC)NS(=O)(=O)c1ccc(CNC2CC2)o1. The highest BCUT2D eigenvalue weighted by molar-refractivity contribution is 7.89. The van der Waals surface area contributed by atoms with Gasteiger partial charge in [0.05, 0.1) is 12.6 Å². The molecule has 0 amide bonds. The normalized spacial score (nSPS) is 16.8. The smallest absolute Gasteiger partial charge is 0.275 e. The lowest BCUT2D eigenvalue weighted by molar-refractivity contribution is 0.398. The van der Waals surface area contributed by atoms with E-state index in [9.17, 15) is 8.42 Å². The molecule has 0 bridgehead atoms. The van der Waals surface area contributed by atoms with Crippen molar-refractivity contribution in [3.8, 4) is 12.3 Å². The van der Waals surface area contributed by atoms with Crippen molar-refractivity contribution in [1.29, 1.82) is 0 Å². The molecule has 2 N–H and O–H groups in total. The highest BCUT2D eigenvalue weighted by Crippen LogP contribution is 2.20. The highest BCUT2D eigenvalue weighted by Gasteiger charge is 2.23. The molecular weight excluding hydrogens is 276 g/mol.